The third-order valence-electron chi connectivity index (χ3n) is 5.31. The highest BCUT2D eigenvalue weighted by molar-refractivity contribution is 5.98. The summed E-state index contributed by atoms with van der Waals surface area (Å²) >= 11 is 0. The predicted octanol–water partition coefficient (Wildman–Crippen LogP) is 5.34. The number of aryl methyl sites for hydroxylation is 2. The molecule has 0 bridgehead atoms. The summed E-state index contributed by atoms with van der Waals surface area (Å²) < 4.78 is 5.74. The highest BCUT2D eigenvalue weighted by Gasteiger charge is 2.20. The van der Waals surface area contributed by atoms with Crippen LogP contribution in [0.1, 0.15) is 63.3 Å². The Balaban J connectivity index is 1.83. The minimum atomic E-state index is -0.695. The van der Waals surface area contributed by atoms with Gasteiger partial charge in [-0.2, -0.15) is 0 Å². The molecule has 32 heavy (non-hydrogen) atoms. The molecule has 0 atom stereocenters. The van der Waals surface area contributed by atoms with Crippen LogP contribution in [0.3, 0.4) is 0 Å². The lowest BCUT2D eigenvalue weighted by Gasteiger charge is -2.22. The molecule has 5 nitrogen and oxygen atoms in total. The van der Waals surface area contributed by atoms with Crippen molar-refractivity contribution < 1.29 is 14.3 Å². The molecule has 0 aliphatic carbocycles. The molecule has 0 aromatic heterocycles. The van der Waals surface area contributed by atoms with Gasteiger partial charge < -0.3 is 15.4 Å². The summed E-state index contributed by atoms with van der Waals surface area (Å²) in [5.41, 5.74) is 3.64. The second-order valence-electron chi connectivity index (χ2n) is 7.78. The number of hydrogen-bond donors (Lipinski definition) is 2. The number of unbranched alkanes of at least 4 members (excludes halogenated alkanes) is 1. The van der Waals surface area contributed by atoms with Crippen molar-refractivity contribution in [1.82, 2.24) is 10.6 Å². The van der Waals surface area contributed by atoms with Gasteiger partial charge in [-0.1, -0.05) is 61.9 Å². The molecule has 0 saturated heterocycles. The first kappa shape index (κ1) is 23.1. The number of nitrogens with one attached hydrogen (secondary N) is 2. The Labute approximate surface area is 189 Å². The molecular weight excluding hydrogens is 400 g/mol. The molecule has 0 fully saturated rings. The van der Waals surface area contributed by atoms with Gasteiger partial charge in [0.1, 0.15) is 11.9 Å². The Kier molecular flexibility index (Phi) is 8.03. The normalized spacial score (nSPS) is 10.6. The lowest BCUT2D eigenvalue weighted by molar-refractivity contribution is 0.0883. The Morgan fingerprint density at radius 1 is 0.781 bits per heavy atom. The average molecular weight is 431 g/mol. The number of benzene rings is 3. The van der Waals surface area contributed by atoms with E-state index in [9.17, 15) is 9.59 Å². The molecule has 0 heterocycles. The Morgan fingerprint density at radius 3 is 1.75 bits per heavy atom. The van der Waals surface area contributed by atoms with Crippen molar-refractivity contribution in [3.63, 3.8) is 0 Å². The predicted molar refractivity (Wildman–Crippen MR) is 127 cm³/mol. The molecule has 0 aliphatic heterocycles. The van der Waals surface area contributed by atoms with Crippen molar-refractivity contribution in [3.8, 4) is 5.75 Å². The summed E-state index contributed by atoms with van der Waals surface area (Å²) in [7, 11) is 0. The number of carbonyl (C=O) groups is 2. The first-order valence-electron chi connectivity index (χ1n) is 11.0. The summed E-state index contributed by atoms with van der Waals surface area (Å²) in [6.07, 6.45) is 1.36. The monoisotopic (exact) mass is 430 g/mol. The lowest BCUT2D eigenvalue weighted by Crippen LogP contribution is -2.41. The second-order valence-corrected chi connectivity index (χ2v) is 7.78. The van der Waals surface area contributed by atoms with Gasteiger partial charge in [-0.15, -0.1) is 0 Å². The van der Waals surface area contributed by atoms with Crippen molar-refractivity contribution >= 4 is 11.8 Å². The van der Waals surface area contributed by atoms with Crippen LogP contribution in [-0.4, -0.2) is 18.4 Å². The minimum absolute atomic E-state index is 0.249. The standard InChI is InChI=1S/C27H30N2O3/c1-4-5-18-32-22-16-14-21(15-17-22)25(28-26(30)23-12-8-6-10-19(23)2)29-27(31)24-13-9-7-11-20(24)3/h6-17,25H,4-5,18H2,1-3H3,(H,28,30)(H,29,31). The van der Waals surface area contributed by atoms with Gasteiger partial charge >= 0.3 is 0 Å². The third-order valence-corrected chi connectivity index (χ3v) is 5.31. The van der Waals surface area contributed by atoms with E-state index >= 15 is 0 Å². The first-order valence-corrected chi connectivity index (χ1v) is 11.0. The molecule has 0 saturated carbocycles. The number of hydrogen-bond acceptors (Lipinski definition) is 3. The number of amides is 2. The molecule has 0 unspecified atom stereocenters. The molecule has 0 spiro atoms. The molecule has 3 rings (SSSR count). The molecule has 3 aromatic carbocycles. The van der Waals surface area contributed by atoms with Crippen molar-refractivity contribution in [2.45, 2.75) is 39.8 Å². The summed E-state index contributed by atoms with van der Waals surface area (Å²) in [4.78, 5) is 26.0. The molecule has 5 heteroatoms. The Morgan fingerprint density at radius 2 is 1.28 bits per heavy atom. The molecule has 2 N–H and O–H groups in total. The smallest absolute Gasteiger partial charge is 0.253 e. The maximum absolute atomic E-state index is 13.0. The van der Waals surface area contributed by atoms with Gasteiger partial charge in [0, 0.05) is 11.1 Å². The number of ether oxygens (including phenoxy) is 1. The Hall–Kier alpha value is -3.60. The fourth-order valence-electron chi connectivity index (χ4n) is 3.37. The topological polar surface area (TPSA) is 67.4 Å². The highest BCUT2D eigenvalue weighted by atomic mass is 16.5. The van der Waals surface area contributed by atoms with Gasteiger partial charge in [-0.25, -0.2) is 0 Å². The van der Waals surface area contributed by atoms with Crippen molar-refractivity contribution in [1.29, 1.82) is 0 Å². The van der Waals surface area contributed by atoms with E-state index in [-0.39, 0.29) is 11.8 Å². The van der Waals surface area contributed by atoms with Gasteiger partial charge in [-0.3, -0.25) is 9.59 Å². The number of carbonyl (C=O) groups excluding carboxylic acids is 2. The van der Waals surface area contributed by atoms with Gasteiger partial charge in [0.15, 0.2) is 0 Å². The van der Waals surface area contributed by atoms with Crippen molar-refractivity contribution in [2.75, 3.05) is 6.61 Å². The molecule has 166 valence electrons. The van der Waals surface area contributed by atoms with Crippen LogP contribution in [0.25, 0.3) is 0 Å². The molecule has 2 amide bonds. The third kappa shape index (κ3) is 5.97. The molecule has 3 aromatic rings. The van der Waals surface area contributed by atoms with Gasteiger partial charge in [0.05, 0.1) is 6.61 Å². The van der Waals surface area contributed by atoms with E-state index in [1.54, 1.807) is 12.1 Å². The quantitative estimate of drug-likeness (QED) is 0.356. The maximum atomic E-state index is 13.0. The van der Waals surface area contributed by atoms with Crippen LogP contribution < -0.4 is 15.4 Å². The maximum Gasteiger partial charge on any atom is 0.253 e. The van der Waals surface area contributed by atoms with E-state index in [0.29, 0.717) is 17.7 Å². The fourth-order valence-corrected chi connectivity index (χ4v) is 3.37. The molecular formula is C27H30N2O3. The van der Waals surface area contributed by atoms with Crippen LogP contribution >= 0.6 is 0 Å². The summed E-state index contributed by atoms with van der Waals surface area (Å²) in [6, 6.07) is 22.2. The summed E-state index contributed by atoms with van der Waals surface area (Å²) in [5.74, 6) is 0.263. The largest absolute Gasteiger partial charge is 0.494 e. The average Bonchev–Trinajstić information content (AvgIpc) is 2.80. The fraction of sp³-hybridized carbons (Fsp3) is 0.259. The Bertz CT molecular complexity index is 1000. The van der Waals surface area contributed by atoms with Crippen LogP contribution in [0.5, 0.6) is 5.75 Å². The zero-order chi connectivity index (χ0) is 22.9. The van der Waals surface area contributed by atoms with E-state index < -0.39 is 6.17 Å². The van der Waals surface area contributed by atoms with E-state index in [1.165, 1.54) is 0 Å². The van der Waals surface area contributed by atoms with Gasteiger partial charge in [-0.05, 0) is 61.2 Å². The SMILES string of the molecule is CCCCOc1ccc(C(NC(=O)c2ccccc2C)NC(=O)c2ccccc2C)cc1. The number of rotatable bonds is 9. The van der Waals surface area contributed by atoms with E-state index in [1.807, 2.05) is 74.5 Å². The van der Waals surface area contributed by atoms with E-state index in [4.69, 9.17) is 4.74 Å². The van der Waals surface area contributed by atoms with E-state index in [0.717, 1.165) is 35.3 Å². The van der Waals surface area contributed by atoms with E-state index in [2.05, 4.69) is 17.6 Å². The van der Waals surface area contributed by atoms with Gasteiger partial charge in [0.2, 0.25) is 0 Å². The van der Waals surface area contributed by atoms with Crippen molar-refractivity contribution in [3.05, 3.63) is 101 Å². The van der Waals surface area contributed by atoms with Crippen LogP contribution in [0.15, 0.2) is 72.8 Å². The zero-order valence-corrected chi connectivity index (χ0v) is 18.9. The van der Waals surface area contributed by atoms with Crippen LogP contribution in [0.2, 0.25) is 0 Å². The van der Waals surface area contributed by atoms with Gasteiger partial charge in [0.25, 0.3) is 11.8 Å². The minimum Gasteiger partial charge on any atom is -0.494 e. The zero-order valence-electron chi connectivity index (χ0n) is 18.9. The lowest BCUT2D eigenvalue weighted by atomic mass is 10.1. The van der Waals surface area contributed by atoms with Crippen LogP contribution in [0.4, 0.5) is 0 Å². The second kappa shape index (κ2) is 11.1. The first-order chi connectivity index (χ1) is 15.5. The van der Waals surface area contributed by atoms with Crippen LogP contribution in [0, 0.1) is 13.8 Å². The summed E-state index contributed by atoms with van der Waals surface area (Å²) in [6.45, 7) is 6.55. The van der Waals surface area contributed by atoms with Crippen LogP contribution in [-0.2, 0) is 0 Å². The molecule has 0 radical (unpaired) electrons. The van der Waals surface area contributed by atoms with Crippen molar-refractivity contribution in [2.24, 2.45) is 0 Å². The highest BCUT2D eigenvalue weighted by Crippen LogP contribution is 2.19. The molecule has 0 aliphatic rings. The summed E-state index contributed by atoms with van der Waals surface area (Å²) in [5, 5.41) is 5.94.